The van der Waals surface area contributed by atoms with Crippen LogP contribution >= 0.6 is 27.5 Å². The van der Waals surface area contributed by atoms with Gasteiger partial charge >= 0.3 is 0 Å². The lowest BCUT2D eigenvalue weighted by Crippen LogP contribution is -2.45. The van der Waals surface area contributed by atoms with Crippen LogP contribution < -0.4 is 5.32 Å². The zero-order valence-electron chi connectivity index (χ0n) is 11.3. The normalized spacial score (nSPS) is 14.6. The third kappa shape index (κ3) is 3.75. The lowest BCUT2D eigenvalue weighted by atomic mass is 9.95. The number of nitrogens with zero attached hydrogens (tertiary/aromatic N) is 2. The Morgan fingerprint density at radius 3 is 2.72 bits per heavy atom. The Morgan fingerprint density at radius 1 is 1.56 bits per heavy atom. The molecule has 0 saturated heterocycles. The van der Waals surface area contributed by atoms with Crippen LogP contribution in [-0.4, -0.2) is 26.4 Å². The topological polar surface area (TPSA) is 54.9 Å². The smallest absolute Gasteiger partial charge is 0.265 e. The van der Waals surface area contributed by atoms with Crippen LogP contribution in [0.4, 0.5) is 0 Å². The second-order valence-electron chi connectivity index (χ2n) is 4.95. The summed E-state index contributed by atoms with van der Waals surface area (Å²) in [6.45, 7) is 8.18. The first-order valence-electron chi connectivity index (χ1n) is 6.14. The number of rotatable bonds is 6. The number of carbonyl (C=O) groups excluding carboxylic acids is 1. The number of halogens is 1. The maximum atomic E-state index is 12.3. The van der Waals surface area contributed by atoms with E-state index < -0.39 is 0 Å². The van der Waals surface area contributed by atoms with Crippen molar-refractivity contribution >= 4 is 33.4 Å². The highest BCUT2D eigenvalue weighted by molar-refractivity contribution is 9.09. The van der Waals surface area contributed by atoms with E-state index in [0.29, 0.717) is 4.88 Å². The predicted molar refractivity (Wildman–Crippen MR) is 78.6 cm³/mol. The molecule has 0 spiro atoms. The Kier molecular flexibility index (Phi) is 5.72. The van der Waals surface area contributed by atoms with Crippen molar-refractivity contribution in [2.75, 3.05) is 5.33 Å². The monoisotopic (exact) mass is 333 g/mol. The molecule has 1 heterocycles. The summed E-state index contributed by atoms with van der Waals surface area (Å²) in [6, 6.07) is 0. The highest BCUT2D eigenvalue weighted by Gasteiger charge is 2.27. The summed E-state index contributed by atoms with van der Waals surface area (Å²) in [5, 5.41) is 8.01. The molecule has 0 aliphatic heterocycles. The Bertz CT molecular complexity index is 408. The van der Waals surface area contributed by atoms with Crippen molar-refractivity contribution in [3.05, 3.63) is 10.6 Å². The zero-order chi connectivity index (χ0) is 13.8. The van der Waals surface area contributed by atoms with Crippen molar-refractivity contribution in [2.24, 2.45) is 0 Å². The maximum absolute atomic E-state index is 12.3. The minimum atomic E-state index is -0.182. The van der Waals surface area contributed by atoms with E-state index in [1.165, 1.54) is 11.5 Å². The molecule has 1 unspecified atom stereocenters. The molecule has 1 atom stereocenters. The lowest BCUT2D eigenvalue weighted by molar-refractivity contribution is 0.0904. The van der Waals surface area contributed by atoms with Crippen molar-refractivity contribution < 1.29 is 4.79 Å². The Morgan fingerprint density at radius 2 is 2.22 bits per heavy atom. The summed E-state index contributed by atoms with van der Waals surface area (Å²) in [5.74, 6) is 0.160. The minimum Gasteiger partial charge on any atom is -0.346 e. The molecule has 0 radical (unpaired) electrons. The van der Waals surface area contributed by atoms with Crippen LogP contribution in [0, 0.1) is 0 Å². The number of aromatic nitrogens is 2. The Balaban J connectivity index is 2.84. The van der Waals surface area contributed by atoms with Gasteiger partial charge in [-0.25, -0.2) is 0 Å². The van der Waals surface area contributed by atoms with Crippen molar-refractivity contribution in [2.45, 2.75) is 52.0 Å². The Hall–Kier alpha value is -0.490. The number of nitrogens with one attached hydrogen (secondary N) is 1. The van der Waals surface area contributed by atoms with Gasteiger partial charge in [-0.1, -0.05) is 41.2 Å². The molecule has 0 fully saturated rings. The fraction of sp³-hybridized carbons (Fsp3) is 0.750. The van der Waals surface area contributed by atoms with Crippen LogP contribution in [-0.2, 0) is 0 Å². The number of amides is 1. The van der Waals surface area contributed by atoms with Crippen molar-refractivity contribution in [3.63, 3.8) is 0 Å². The van der Waals surface area contributed by atoms with Crippen LogP contribution in [0.15, 0.2) is 0 Å². The summed E-state index contributed by atoms with van der Waals surface area (Å²) in [6.07, 6.45) is 1.80. The first-order valence-corrected chi connectivity index (χ1v) is 8.03. The summed E-state index contributed by atoms with van der Waals surface area (Å²) in [7, 11) is 0. The Labute approximate surface area is 121 Å². The summed E-state index contributed by atoms with van der Waals surface area (Å²) < 4.78 is 3.89. The van der Waals surface area contributed by atoms with Crippen LogP contribution in [0.25, 0.3) is 0 Å². The van der Waals surface area contributed by atoms with Crippen molar-refractivity contribution in [1.29, 1.82) is 0 Å². The summed E-state index contributed by atoms with van der Waals surface area (Å²) in [4.78, 5) is 12.9. The van der Waals surface area contributed by atoms with Gasteiger partial charge in [-0.05, 0) is 37.2 Å². The SMILES string of the molecule is CCC(C)(CCBr)NC(=O)c1snnc1C(C)C. The highest BCUT2D eigenvalue weighted by atomic mass is 79.9. The van der Waals surface area contributed by atoms with Gasteiger partial charge < -0.3 is 5.32 Å². The standard InChI is InChI=1S/C12H20BrN3OS/c1-5-12(4,6-7-13)14-11(17)10-9(8(2)3)15-16-18-10/h8H,5-7H2,1-4H3,(H,14,17). The van der Waals surface area contributed by atoms with Crippen LogP contribution in [0.2, 0.25) is 0 Å². The molecule has 1 N–H and O–H groups in total. The second-order valence-corrected chi connectivity index (χ2v) is 6.50. The van der Waals surface area contributed by atoms with Crippen molar-refractivity contribution in [1.82, 2.24) is 14.9 Å². The van der Waals surface area contributed by atoms with Crippen LogP contribution in [0.1, 0.15) is 61.8 Å². The van der Waals surface area contributed by atoms with E-state index in [1.54, 1.807) is 0 Å². The predicted octanol–water partition coefficient (Wildman–Crippen LogP) is 3.35. The van der Waals surface area contributed by atoms with E-state index in [0.717, 1.165) is 23.9 Å². The largest absolute Gasteiger partial charge is 0.346 e. The highest BCUT2D eigenvalue weighted by Crippen LogP contribution is 2.22. The molecule has 1 amide bonds. The van der Waals surface area contributed by atoms with E-state index in [-0.39, 0.29) is 17.4 Å². The quantitative estimate of drug-likeness (QED) is 0.812. The van der Waals surface area contributed by atoms with Crippen LogP contribution in [0.5, 0.6) is 0 Å². The molecule has 0 saturated carbocycles. The molecule has 1 aromatic rings. The molecule has 4 nitrogen and oxygen atoms in total. The molecular weight excluding hydrogens is 314 g/mol. The fourth-order valence-corrected chi connectivity index (χ4v) is 3.19. The van der Waals surface area contributed by atoms with Crippen molar-refractivity contribution in [3.8, 4) is 0 Å². The molecular formula is C12H20BrN3OS. The number of hydrogen-bond donors (Lipinski definition) is 1. The molecule has 18 heavy (non-hydrogen) atoms. The third-order valence-electron chi connectivity index (χ3n) is 3.11. The van der Waals surface area contributed by atoms with E-state index in [1.807, 2.05) is 13.8 Å². The maximum Gasteiger partial charge on any atom is 0.265 e. The number of carbonyl (C=O) groups is 1. The average molecular weight is 334 g/mol. The lowest BCUT2D eigenvalue weighted by Gasteiger charge is -2.28. The molecule has 0 aliphatic carbocycles. The molecule has 1 rings (SSSR count). The molecule has 0 bridgehead atoms. The molecule has 0 aliphatic rings. The van der Waals surface area contributed by atoms with E-state index in [9.17, 15) is 4.79 Å². The van der Waals surface area contributed by atoms with Crippen LogP contribution in [0.3, 0.4) is 0 Å². The number of hydrogen-bond acceptors (Lipinski definition) is 4. The van der Waals surface area contributed by atoms with E-state index in [4.69, 9.17) is 0 Å². The first kappa shape index (κ1) is 15.6. The molecule has 102 valence electrons. The van der Waals surface area contributed by atoms with Gasteiger partial charge in [-0.3, -0.25) is 4.79 Å². The van der Waals surface area contributed by atoms with Gasteiger partial charge in [0.1, 0.15) is 4.88 Å². The minimum absolute atomic E-state index is 0.0565. The van der Waals surface area contributed by atoms with Gasteiger partial charge in [0.15, 0.2) is 0 Å². The summed E-state index contributed by atoms with van der Waals surface area (Å²) in [5.41, 5.74) is 0.605. The molecule has 0 aromatic carbocycles. The van der Waals surface area contributed by atoms with Gasteiger partial charge in [0, 0.05) is 10.9 Å². The van der Waals surface area contributed by atoms with Gasteiger partial charge in [0.25, 0.3) is 5.91 Å². The van der Waals surface area contributed by atoms with Gasteiger partial charge in [0.05, 0.1) is 5.69 Å². The zero-order valence-corrected chi connectivity index (χ0v) is 13.7. The fourth-order valence-electron chi connectivity index (χ4n) is 1.60. The van der Waals surface area contributed by atoms with Gasteiger partial charge in [0.2, 0.25) is 0 Å². The molecule has 6 heteroatoms. The van der Waals surface area contributed by atoms with Gasteiger partial charge in [-0.15, -0.1) is 5.10 Å². The average Bonchev–Trinajstić information content (AvgIpc) is 2.78. The van der Waals surface area contributed by atoms with E-state index >= 15 is 0 Å². The second kappa shape index (κ2) is 6.61. The summed E-state index contributed by atoms with van der Waals surface area (Å²) >= 11 is 4.60. The molecule has 1 aromatic heterocycles. The van der Waals surface area contributed by atoms with Gasteiger partial charge in [-0.2, -0.15) is 0 Å². The third-order valence-corrected chi connectivity index (χ3v) is 4.25. The first-order chi connectivity index (χ1) is 8.43. The van der Waals surface area contributed by atoms with E-state index in [2.05, 4.69) is 44.7 Å². The number of alkyl halides is 1.